The van der Waals surface area contributed by atoms with E-state index in [1.807, 2.05) is 18.5 Å². The molecular weight excluding hydrogens is 244 g/mol. The van der Waals surface area contributed by atoms with E-state index in [0.717, 1.165) is 6.54 Å². The maximum absolute atomic E-state index is 4.26. The Labute approximate surface area is 120 Å². The molecule has 20 heavy (non-hydrogen) atoms. The van der Waals surface area contributed by atoms with Gasteiger partial charge >= 0.3 is 0 Å². The second-order valence-electron chi connectivity index (χ2n) is 5.23. The molecule has 2 nitrogen and oxygen atoms in total. The summed E-state index contributed by atoms with van der Waals surface area (Å²) in [6.07, 6.45) is 8.79. The maximum atomic E-state index is 4.26. The van der Waals surface area contributed by atoms with Crippen LogP contribution in [0.3, 0.4) is 0 Å². The molecule has 0 spiro atoms. The van der Waals surface area contributed by atoms with Gasteiger partial charge < -0.3 is 0 Å². The minimum Gasteiger partial charge on any atom is -0.300 e. The fourth-order valence-electron chi connectivity index (χ4n) is 2.73. The highest BCUT2D eigenvalue weighted by Gasteiger charge is 2.11. The van der Waals surface area contributed by atoms with Crippen molar-refractivity contribution in [2.24, 2.45) is 0 Å². The number of hydrogen-bond acceptors (Lipinski definition) is 2. The summed E-state index contributed by atoms with van der Waals surface area (Å²) in [5, 5.41) is 0. The standard InChI is InChI=1S/C18H20N2/c1-2-7-16(8-3-1)18(17-9-6-11-19-15-17)10-14-20-12-4-5-13-20/h1-3,6-11,15H,4-5,12-14H2/b18-10-. The summed E-state index contributed by atoms with van der Waals surface area (Å²) in [5.74, 6) is 0. The minimum atomic E-state index is 1.03. The monoisotopic (exact) mass is 264 g/mol. The first-order valence-electron chi connectivity index (χ1n) is 7.32. The molecule has 0 amide bonds. The smallest absolute Gasteiger partial charge is 0.0346 e. The van der Waals surface area contributed by atoms with Crippen LogP contribution in [0.4, 0.5) is 0 Å². The van der Waals surface area contributed by atoms with Crippen LogP contribution in [0.15, 0.2) is 60.9 Å². The molecule has 2 aromatic rings. The number of pyridine rings is 1. The van der Waals surface area contributed by atoms with Crippen LogP contribution in [0.25, 0.3) is 5.57 Å². The number of hydrogen-bond donors (Lipinski definition) is 0. The van der Waals surface area contributed by atoms with Crippen LogP contribution in [-0.2, 0) is 0 Å². The Hall–Kier alpha value is -1.93. The molecule has 1 fully saturated rings. The zero-order valence-electron chi connectivity index (χ0n) is 11.7. The van der Waals surface area contributed by atoms with E-state index in [1.165, 1.54) is 42.6 Å². The zero-order chi connectivity index (χ0) is 13.6. The molecule has 0 aliphatic carbocycles. The Morgan fingerprint density at radius 2 is 1.75 bits per heavy atom. The average molecular weight is 264 g/mol. The summed E-state index contributed by atoms with van der Waals surface area (Å²) in [6, 6.07) is 14.7. The highest BCUT2D eigenvalue weighted by Crippen LogP contribution is 2.22. The van der Waals surface area contributed by atoms with Crippen LogP contribution in [0.5, 0.6) is 0 Å². The van der Waals surface area contributed by atoms with Gasteiger partial charge in [-0.25, -0.2) is 0 Å². The van der Waals surface area contributed by atoms with E-state index in [-0.39, 0.29) is 0 Å². The zero-order valence-corrected chi connectivity index (χ0v) is 11.7. The lowest BCUT2D eigenvalue weighted by molar-refractivity contribution is 0.377. The molecule has 2 heterocycles. The molecule has 1 aliphatic heterocycles. The van der Waals surface area contributed by atoms with Crippen molar-refractivity contribution >= 4 is 5.57 Å². The molecule has 1 aromatic heterocycles. The van der Waals surface area contributed by atoms with Gasteiger partial charge in [-0.2, -0.15) is 0 Å². The topological polar surface area (TPSA) is 16.1 Å². The third-order valence-corrected chi connectivity index (χ3v) is 3.81. The van der Waals surface area contributed by atoms with Gasteiger partial charge in [0.15, 0.2) is 0 Å². The van der Waals surface area contributed by atoms with E-state index in [2.05, 4.69) is 52.4 Å². The summed E-state index contributed by atoms with van der Waals surface area (Å²) in [6.45, 7) is 3.48. The fourth-order valence-corrected chi connectivity index (χ4v) is 2.73. The van der Waals surface area contributed by atoms with Crippen molar-refractivity contribution in [3.05, 3.63) is 72.1 Å². The highest BCUT2D eigenvalue weighted by molar-refractivity contribution is 5.79. The lowest BCUT2D eigenvalue weighted by atomic mass is 9.99. The number of aromatic nitrogens is 1. The molecular formula is C18H20N2. The number of benzene rings is 1. The molecule has 1 aliphatic rings. The second-order valence-corrected chi connectivity index (χ2v) is 5.23. The largest absolute Gasteiger partial charge is 0.300 e. The normalized spacial score (nSPS) is 16.5. The van der Waals surface area contributed by atoms with Crippen LogP contribution >= 0.6 is 0 Å². The van der Waals surface area contributed by atoms with Gasteiger partial charge in [0.2, 0.25) is 0 Å². The van der Waals surface area contributed by atoms with E-state index in [0.29, 0.717) is 0 Å². The lowest BCUT2D eigenvalue weighted by Crippen LogP contribution is -2.19. The van der Waals surface area contributed by atoms with Crippen molar-refractivity contribution in [1.82, 2.24) is 9.88 Å². The van der Waals surface area contributed by atoms with E-state index < -0.39 is 0 Å². The quantitative estimate of drug-likeness (QED) is 0.838. The molecule has 0 atom stereocenters. The average Bonchev–Trinajstić information content (AvgIpc) is 3.03. The molecule has 102 valence electrons. The third-order valence-electron chi connectivity index (χ3n) is 3.81. The van der Waals surface area contributed by atoms with Gasteiger partial charge in [0.1, 0.15) is 0 Å². The van der Waals surface area contributed by atoms with Crippen LogP contribution in [0.2, 0.25) is 0 Å². The van der Waals surface area contributed by atoms with Gasteiger partial charge in [0.25, 0.3) is 0 Å². The molecule has 0 saturated carbocycles. The van der Waals surface area contributed by atoms with Crippen molar-refractivity contribution < 1.29 is 0 Å². The van der Waals surface area contributed by atoms with E-state index in [9.17, 15) is 0 Å². The van der Waals surface area contributed by atoms with Crippen LogP contribution < -0.4 is 0 Å². The van der Waals surface area contributed by atoms with Crippen LogP contribution in [-0.4, -0.2) is 29.5 Å². The molecule has 0 unspecified atom stereocenters. The van der Waals surface area contributed by atoms with Gasteiger partial charge in [0, 0.05) is 24.5 Å². The van der Waals surface area contributed by atoms with Gasteiger partial charge in [-0.1, -0.05) is 42.5 Å². The van der Waals surface area contributed by atoms with Crippen molar-refractivity contribution in [3.63, 3.8) is 0 Å². The number of likely N-dealkylation sites (tertiary alicyclic amines) is 1. The Balaban J connectivity index is 1.89. The Morgan fingerprint density at radius 1 is 1.00 bits per heavy atom. The van der Waals surface area contributed by atoms with E-state index in [4.69, 9.17) is 0 Å². The maximum Gasteiger partial charge on any atom is 0.0346 e. The fraction of sp³-hybridized carbons (Fsp3) is 0.278. The van der Waals surface area contributed by atoms with Crippen molar-refractivity contribution in [2.75, 3.05) is 19.6 Å². The summed E-state index contributed by atoms with van der Waals surface area (Å²) in [5.41, 5.74) is 3.74. The predicted molar refractivity (Wildman–Crippen MR) is 83.4 cm³/mol. The van der Waals surface area contributed by atoms with Gasteiger partial charge in [-0.3, -0.25) is 9.88 Å². The van der Waals surface area contributed by atoms with Crippen LogP contribution in [0.1, 0.15) is 24.0 Å². The number of nitrogens with zero attached hydrogens (tertiary/aromatic N) is 2. The Kier molecular flexibility index (Phi) is 4.24. The summed E-state index contributed by atoms with van der Waals surface area (Å²) >= 11 is 0. The second kappa shape index (κ2) is 6.49. The van der Waals surface area contributed by atoms with E-state index >= 15 is 0 Å². The van der Waals surface area contributed by atoms with Gasteiger partial charge in [-0.15, -0.1) is 0 Å². The summed E-state index contributed by atoms with van der Waals surface area (Å²) in [4.78, 5) is 6.77. The van der Waals surface area contributed by atoms with Gasteiger partial charge in [-0.05, 0) is 43.1 Å². The first-order chi connectivity index (χ1) is 9.93. The first-order valence-corrected chi connectivity index (χ1v) is 7.32. The first kappa shape index (κ1) is 13.1. The summed E-state index contributed by atoms with van der Waals surface area (Å²) in [7, 11) is 0. The molecule has 0 radical (unpaired) electrons. The van der Waals surface area contributed by atoms with Crippen LogP contribution in [0, 0.1) is 0 Å². The van der Waals surface area contributed by atoms with Crippen molar-refractivity contribution in [3.8, 4) is 0 Å². The number of rotatable bonds is 4. The summed E-state index contributed by atoms with van der Waals surface area (Å²) < 4.78 is 0. The SMILES string of the molecule is C(/CN1CCCC1)=C(\c1ccccc1)c1cccnc1. The molecule has 3 rings (SSSR count). The molecule has 2 heteroatoms. The van der Waals surface area contributed by atoms with Gasteiger partial charge in [0.05, 0.1) is 0 Å². The van der Waals surface area contributed by atoms with E-state index in [1.54, 1.807) is 0 Å². The molecule has 1 aromatic carbocycles. The predicted octanol–water partition coefficient (Wildman–Crippen LogP) is 3.61. The Bertz CT molecular complexity index is 513. The van der Waals surface area contributed by atoms with Crippen molar-refractivity contribution in [1.29, 1.82) is 0 Å². The minimum absolute atomic E-state index is 1.03. The molecule has 0 bridgehead atoms. The molecule has 1 saturated heterocycles. The lowest BCUT2D eigenvalue weighted by Gasteiger charge is -2.14. The highest BCUT2D eigenvalue weighted by atomic mass is 15.1. The molecule has 0 N–H and O–H groups in total. The van der Waals surface area contributed by atoms with Crippen molar-refractivity contribution in [2.45, 2.75) is 12.8 Å². The Morgan fingerprint density at radius 3 is 2.45 bits per heavy atom. The third kappa shape index (κ3) is 3.14.